The molecule has 0 aromatic carbocycles. The van der Waals surface area contributed by atoms with Crippen LogP contribution in [0.25, 0.3) is 0 Å². The lowest BCUT2D eigenvalue weighted by Crippen LogP contribution is -2.64. The van der Waals surface area contributed by atoms with Gasteiger partial charge in [0.15, 0.2) is 17.4 Å². The third-order valence-electron chi connectivity index (χ3n) is 6.06. The largest absolute Gasteiger partial charge is 0.503 e. The highest BCUT2D eigenvalue weighted by Crippen LogP contribution is 2.47. The molecule has 0 radical (unpaired) electrons. The normalized spacial score (nSPS) is 30.2. The van der Waals surface area contributed by atoms with E-state index >= 15 is 0 Å². The van der Waals surface area contributed by atoms with Crippen LogP contribution in [0.3, 0.4) is 0 Å². The second-order valence-electron chi connectivity index (χ2n) is 8.60. The van der Waals surface area contributed by atoms with Crippen molar-refractivity contribution in [2.45, 2.75) is 95.7 Å². The maximum absolute atomic E-state index is 7.06. The van der Waals surface area contributed by atoms with Crippen molar-refractivity contribution < 1.29 is 22.1 Å². The van der Waals surface area contributed by atoms with Crippen LogP contribution in [0, 0.1) is 0 Å². The van der Waals surface area contributed by atoms with E-state index in [2.05, 4.69) is 20.8 Å². The maximum Gasteiger partial charge on any atom is 0.503 e. The summed E-state index contributed by atoms with van der Waals surface area (Å²) in [6.45, 7) is 15.8. The van der Waals surface area contributed by atoms with Crippen molar-refractivity contribution in [3.05, 3.63) is 0 Å². The first kappa shape index (κ1) is 23.7. The molecule has 3 unspecified atom stereocenters. The van der Waals surface area contributed by atoms with Gasteiger partial charge in [0, 0.05) is 31.6 Å². The lowest BCUT2D eigenvalue weighted by atomic mass is 10.0. The molecule has 2 saturated heterocycles. The molecule has 0 aromatic heterocycles. The van der Waals surface area contributed by atoms with Crippen LogP contribution in [0.2, 0.25) is 22.9 Å². The molecule has 0 saturated carbocycles. The van der Waals surface area contributed by atoms with Gasteiger partial charge in [0.05, 0.1) is 5.60 Å². The number of rotatable bonds is 10. The minimum absolute atomic E-state index is 0.0629. The van der Waals surface area contributed by atoms with Gasteiger partial charge in [0.1, 0.15) is 0 Å². The highest BCUT2D eigenvalue weighted by molar-refractivity contribution is 6.94. The fourth-order valence-electron chi connectivity index (χ4n) is 4.87. The number of hydrogen-bond acceptors (Lipinski definition) is 5. The van der Waals surface area contributed by atoms with Crippen LogP contribution < -0.4 is 0 Å². The van der Waals surface area contributed by atoms with Crippen molar-refractivity contribution in [2.24, 2.45) is 0 Å². The average molecular weight is 435 g/mol. The Kier molecular flexibility index (Phi) is 9.20. The van der Waals surface area contributed by atoms with Crippen molar-refractivity contribution in [1.29, 1.82) is 0 Å². The lowest BCUT2D eigenvalue weighted by Gasteiger charge is -2.51. The van der Waals surface area contributed by atoms with Crippen LogP contribution in [0.1, 0.15) is 67.2 Å². The monoisotopic (exact) mass is 434 g/mol. The SMILES string of the molecule is CCO[Si](OCC)(OCC)C(C)[Si]1(C[SiH]2CCCCO2)CCCC(C)(C)O1. The predicted octanol–water partition coefficient (Wildman–Crippen LogP) is 4.57. The summed E-state index contributed by atoms with van der Waals surface area (Å²) in [7, 11) is -6.15. The van der Waals surface area contributed by atoms with E-state index in [9.17, 15) is 0 Å². The summed E-state index contributed by atoms with van der Waals surface area (Å²) in [6.07, 6.45) is 4.91. The fraction of sp³-hybridized carbons (Fsp3) is 1.00. The Balaban J connectivity index is 2.36. The summed E-state index contributed by atoms with van der Waals surface area (Å²) in [5.41, 5.74) is 1.12. The van der Waals surface area contributed by atoms with Gasteiger partial charge in [0.25, 0.3) is 0 Å². The van der Waals surface area contributed by atoms with Gasteiger partial charge in [-0.25, -0.2) is 0 Å². The molecule has 2 fully saturated rings. The summed E-state index contributed by atoms with van der Waals surface area (Å²) in [4.78, 5) is 0. The zero-order valence-corrected chi connectivity index (χ0v) is 21.6. The molecule has 2 rings (SSSR count). The van der Waals surface area contributed by atoms with E-state index in [0.29, 0.717) is 19.8 Å². The second kappa shape index (κ2) is 10.5. The minimum Gasteiger partial charge on any atom is -0.420 e. The first-order valence-corrected chi connectivity index (χ1v) is 17.4. The van der Waals surface area contributed by atoms with Crippen LogP contribution in [0.4, 0.5) is 0 Å². The van der Waals surface area contributed by atoms with E-state index in [-0.39, 0.29) is 10.8 Å². The molecule has 27 heavy (non-hydrogen) atoms. The topological polar surface area (TPSA) is 46.2 Å². The van der Waals surface area contributed by atoms with Gasteiger partial charge in [-0.15, -0.1) is 0 Å². The first-order chi connectivity index (χ1) is 12.8. The molecule has 0 amide bonds. The summed E-state index contributed by atoms with van der Waals surface area (Å²) in [5, 5.41) is 0.238. The van der Waals surface area contributed by atoms with Crippen LogP contribution in [0.5, 0.6) is 0 Å². The molecule has 0 aromatic rings. The van der Waals surface area contributed by atoms with Crippen LogP contribution >= 0.6 is 0 Å². The molecule has 0 N–H and O–H groups in total. The van der Waals surface area contributed by atoms with Gasteiger partial charge in [-0.05, 0) is 65.2 Å². The molecular weight excluding hydrogens is 392 g/mol. The molecule has 2 aliphatic rings. The van der Waals surface area contributed by atoms with Gasteiger partial charge < -0.3 is 22.1 Å². The van der Waals surface area contributed by atoms with E-state index in [1.165, 1.54) is 37.0 Å². The molecular formula is C19H42O5Si3. The van der Waals surface area contributed by atoms with Gasteiger partial charge >= 0.3 is 8.80 Å². The summed E-state index contributed by atoms with van der Waals surface area (Å²) in [6, 6.07) is 2.48. The smallest absolute Gasteiger partial charge is 0.420 e. The Labute approximate surface area is 170 Å². The van der Waals surface area contributed by atoms with Gasteiger partial charge in [-0.1, -0.05) is 19.8 Å². The van der Waals surface area contributed by atoms with Gasteiger partial charge in [0.2, 0.25) is 0 Å². The molecule has 0 spiro atoms. The second-order valence-corrected chi connectivity index (χ2v) is 19.6. The zero-order valence-electron chi connectivity index (χ0n) is 18.5. The summed E-state index contributed by atoms with van der Waals surface area (Å²) >= 11 is 0. The highest BCUT2D eigenvalue weighted by Gasteiger charge is 2.61. The molecule has 0 aliphatic carbocycles. The Morgan fingerprint density at radius 2 is 1.67 bits per heavy atom. The molecule has 8 heteroatoms. The predicted molar refractivity (Wildman–Crippen MR) is 117 cm³/mol. The van der Waals surface area contributed by atoms with Crippen LogP contribution in [-0.4, -0.2) is 58.2 Å². The molecule has 3 atom stereocenters. The zero-order chi connectivity index (χ0) is 20.0. The standard InChI is InChI=1S/C19H42O5Si3/c1-7-21-27(22-8-2,23-9-3)18(4)26(16-12-13-19(5,6)24-26)17-25-15-11-10-14-20-25/h18,25H,7-17H2,1-6H3. The molecule has 2 aliphatic heterocycles. The van der Waals surface area contributed by atoms with E-state index in [1.54, 1.807) is 0 Å². The molecule has 160 valence electrons. The van der Waals surface area contributed by atoms with Crippen molar-refractivity contribution in [2.75, 3.05) is 26.4 Å². The first-order valence-electron chi connectivity index (χ1n) is 11.1. The van der Waals surface area contributed by atoms with E-state index < -0.39 is 26.2 Å². The third-order valence-corrected chi connectivity index (χ3v) is 21.9. The Bertz CT molecular complexity index is 428. The van der Waals surface area contributed by atoms with Crippen LogP contribution in [0.15, 0.2) is 0 Å². The Morgan fingerprint density at radius 1 is 1.04 bits per heavy atom. The number of hydrogen-bond donors (Lipinski definition) is 0. The van der Waals surface area contributed by atoms with Crippen molar-refractivity contribution in [3.8, 4) is 0 Å². The highest BCUT2D eigenvalue weighted by atomic mass is 28.4. The van der Waals surface area contributed by atoms with E-state index in [0.717, 1.165) is 13.0 Å². The summed E-state index contributed by atoms with van der Waals surface area (Å²) in [5.74, 6) is 0. The average Bonchev–Trinajstić information content (AvgIpc) is 2.61. The van der Waals surface area contributed by atoms with Crippen molar-refractivity contribution in [1.82, 2.24) is 0 Å². The van der Waals surface area contributed by atoms with Gasteiger partial charge in [-0.3, -0.25) is 0 Å². The van der Waals surface area contributed by atoms with Crippen LogP contribution in [-0.2, 0) is 22.1 Å². The molecule has 2 heterocycles. The maximum atomic E-state index is 7.06. The fourth-order valence-corrected chi connectivity index (χ4v) is 23.1. The lowest BCUT2D eigenvalue weighted by molar-refractivity contribution is 0.0478. The molecule has 0 bridgehead atoms. The summed E-state index contributed by atoms with van der Waals surface area (Å²) < 4.78 is 32.4. The van der Waals surface area contributed by atoms with E-state index in [1.807, 2.05) is 20.8 Å². The van der Waals surface area contributed by atoms with E-state index in [4.69, 9.17) is 22.1 Å². The quantitative estimate of drug-likeness (QED) is 0.471. The third kappa shape index (κ3) is 5.97. The van der Waals surface area contributed by atoms with Gasteiger partial charge in [-0.2, -0.15) is 0 Å². The Hall–Kier alpha value is 0.451. The van der Waals surface area contributed by atoms with Crippen molar-refractivity contribution in [3.63, 3.8) is 0 Å². The Morgan fingerprint density at radius 3 is 2.15 bits per heavy atom. The molecule has 5 nitrogen and oxygen atoms in total. The minimum atomic E-state index is -2.80. The van der Waals surface area contributed by atoms with Crippen molar-refractivity contribution >= 4 is 26.2 Å².